The van der Waals surface area contributed by atoms with E-state index in [4.69, 9.17) is 14.5 Å². The van der Waals surface area contributed by atoms with Crippen molar-refractivity contribution in [1.29, 1.82) is 0 Å². The molecule has 0 aliphatic rings. The van der Waals surface area contributed by atoms with Gasteiger partial charge in [-0.05, 0) is 56.2 Å². The van der Waals surface area contributed by atoms with Crippen LogP contribution in [0.1, 0.15) is 56.4 Å². The van der Waals surface area contributed by atoms with E-state index in [-0.39, 0.29) is 39.3 Å². The summed E-state index contributed by atoms with van der Waals surface area (Å²) in [7, 11) is 1.52. The van der Waals surface area contributed by atoms with Crippen molar-refractivity contribution >= 4 is 39.7 Å². The van der Waals surface area contributed by atoms with Crippen LogP contribution in [0.15, 0.2) is 53.3 Å². The maximum absolute atomic E-state index is 13.4. The highest BCUT2D eigenvalue weighted by atomic mass is 32.2. The Labute approximate surface area is 253 Å². The minimum Gasteiger partial charge on any atom is -0.495 e. The van der Waals surface area contributed by atoms with Gasteiger partial charge in [-0.15, -0.1) is 0 Å². The number of unbranched alkanes of at least 4 members (excludes halogenated alkanes) is 3. The molecule has 0 aliphatic heterocycles. The predicted molar refractivity (Wildman–Crippen MR) is 166 cm³/mol. The van der Waals surface area contributed by atoms with Crippen LogP contribution in [0.25, 0.3) is 28.2 Å². The summed E-state index contributed by atoms with van der Waals surface area (Å²) < 4.78 is 12.4. The highest BCUT2D eigenvalue weighted by molar-refractivity contribution is 8.14. The van der Waals surface area contributed by atoms with Gasteiger partial charge in [-0.2, -0.15) is 0 Å². The Morgan fingerprint density at radius 2 is 1.74 bits per heavy atom. The lowest BCUT2D eigenvalue weighted by molar-refractivity contribution is -0.117. The van der Waals surface area contributed by atoms with Crippen molar-refractivity contribution in [3.05, 3.63) is 64.7 Å². The molecule has 4 rings (SSSR count). The fourth-order valence-electron chi connectivity index (χ4n) is 4.52. The van der Waals surface area contributed by atoms with Crippen LogP contribution in [0.4, 0.5) is 0 Å². The van der Waals surface area contributed by atoms with Gasteiger partial charge in [0, 0.05) is 25.5 Å². The Kier molecular flexibility index (Phi) is 11.1. The van der Waals surface area contributed by atoms with E-state index < -0.39 is 11.6 Å². The lowest BCUT2D eigenvalue weighted by Gasteiger charge is -2.11. The maximum Gasteiger partial charge on any atom is 0.332 e. The summed E-state index contributed by atoms with van der Waals surface area (Å²) >= 11 is 1.04. The number of Topliss-reactive ketones (excluding diaryl/α,β-unsaturated/α-hetero) is 1. The van der Waals surface area contributed by atoms with Gasteiger partial charge in [0.15, 0.2) is 22.3 Å². The molecule has 2 heterocycles. The molecular formula is C31H35N5O6S. The number of methoxy groups -OCH3 is 1. The molecule has 0 atom stereocenters. The summed E-state index contributed by atoms with van der Waals surface area (Å²) in [5.74, 6) is 1.28. The standard InChI is InChI=1S/C31H35N5O6S/c1-4-42-23-16-14-21(15-17-23)28-33-27(30(39)32-18-10-6-5-7-11-22(38)19-43-20(2)37)26-29(35-28)36(31(40)34-26)24-12-8-9-13-25(24)41-3/h8-9,12-17H,4-7,10-11,18-19H2,1-3H3,(H,32,39)(H,34,40). The van der Waals surface area contributed by atoms with E-state index in [1.165, 1.54) is 18.6 Å². The predicted octanol–water partition coefficient (Wildman–Crippen LogP) is 4.71. The molecule has 0 radical (unpaired) electrons. The molecule has 2 aromatic heterocycles. The number of ether oxygens (including phenoxy) is 2. The second-order valence-electron chi connectivity index (χ2n) is 9.73. The second kappa shape index (κ2) is 15.1. The molecule has 226 valence electrons. The van der Waals surface area contributed by atoms with E-state index in [1.54, 1.807) is 48.5 Å². The highest BCUT2D eigenvalue weighted by Gasteiger charge is 2.23. The fourth-order valence-corrected chi connectivity index (χ4v) is 5.03. The third-order valence-corrected chi connectivity index (χ3v) is 7.48. The van der Waals surface area contributed by atoms with Crippen molar-refractivity contribution in [2.75, 3.05) is 26.0 Å². The zero-order valence-electron chi connectivity index (χ0n) is 24.5. The van der Waals surface area contributed by atoms with Crippen molar-refractivity contribution in [3.8, 4) is 28.6 Å². The van der Waals surface area contributed by atoms with Gasteiger partial charge in [-0.1, -0.05) is 36.7 Å². The molecule has 0 saturated heterocycles. The monoisotopic (exact) mass is 605 g/mol. The number of aromatic amines is 1. The number of benzene rings is 2. The fraction of sp³-hybridized carbons (Fsp3) is 0.355. The Hall–Kier alpha value is -4.45. The smallest absolute Gasteiger partial charge is 0.332 e. The zero-order chi connectivity index (χ0) is 30.8. The van der Waals surface area contributed by atoms with Crippen LogP contribution in [0.2, 0.25) is 0 Å². The number of carbonyl (C=O) groups excluding carboxylic acids is 3. The number of para-hydroxylation sites is 2. The molecule has 2 aromatic carbocycles. The number of thioether (sulfide) groups is 1. The average molecular weight is 606 g/mol. The summed E-state index contributed by atoms with van der Waals surface area (Å²) in [5, 5.41) is 2.85. The van der Waals surface area contributed by atoms with Gasteiger partial charge >= 0.3 is 5.69 Å². The van der Waals surface area contributed by atoms with Crippen LogP contribution in [0.5, 0.6) is 11.5 Å². The van der Waals surface area contributed by atoms with Crippen LogP contribution < -0.4 is 20.5 Å². The molecule has 0 spiro atoms. The number of hydrogen-bond acceptors (Lipinski definition) is 9. The summed E-state index contributed by atoms with van der Waals surface area (Å²) in [5.41, 5.74) is 1.14. The van der Waals surface area contributed by atoms with Crippen LogP contribution in [-0.2, 0) is 9.59 Å². The van der Waals surface area contributed by atoms with Crippen molar-refractivity contribution in [2.24, 2.45) is 0 Å². The Bertz CT molecular complexity index is 1650. The quantitative estimate of drug-likeness (QED) is 0.184. The number of nitrogens with zero attached hydrogens (tertiary/aromatic N) is 3. The maximum atomic E-state index is 13.4. The molecule has 11 nitrogen and oxygen atoms in total. The minimum atomic E-state index is -0.483. The first-order valence-electron chi connectivity index (χ1n) is 14.1. The van der Waals surface area contributed by atoms with Crippen LogP contribution in [0, 0.1) is 0 Å². The number of H-pyrrole nitrogens is 1. The number of carbonyl (C=O) groups is 3. The van der Waals surface area contributed by atoms with Crippen molar-refractivity contribution < 1.29 is 23.9 Å². The van der Waals surface area contributed by atoms with Crippen LogP contribution in [-0.4, -0.2) is 62.3 Å². The van der Waals surface area contributed by atoms with Gasteiger partial charge < -0.3 is 19.8 Å². The minimum absolute atomic E-state index is 0.0493. The Morgan fingerprint density at radius 3 is 2.47 bits per heavy atom. The van der Waals surface area contributed by atoms with Gasteiger partial charge in [-0.25, -0.2) is 19.3 Å². The molecule has 2 N–H and O–H groups in total. The van der Waals surface area contributed by atoms with Gasteiger partial charge in [-0.3, -0.25) is 14.4 Å². The number of rotatable bonds is 15. The third kappa shape index (κ3) is 8.10. The van der Waals surface area contributed by atoms with Crippen molar-refractivity contribution in [3.63, 3.8) is 0 Å². The van der Waals surface area contributed by atoms with Crippen molar-refractivity contribution in [1.82, 2.24) is 24.8 Å². The Balaban J connectivity index is 1.55. The van der Waals surface area contributed by atoms with E-state index in [0.717, 1.165) is 31.0 Å². The van der Waals surface area contributed by atoms with E-state index in [0.29, 0.717) is 48.7 Å². The number of imidazole rings is 1. The zero-order valence-corrected chi connectivity index (χ0v) is 25.3. The first-order valence-corrected chi connectivity index (χ1v) is 15.1. The summed E-state index contributed by atoms with van der Waals surface area (Å²) in [6.07, 6.45) is 3.55. The number of hydrogen-bond donors (Lipinski definition) is 2. The normalized spacial score (nSPS) is 11.0. The first-order chi connectivity index (χ1) is 20.8. The number of amides is 1. The molecule has 4 aromatic rings. The lowest BCUT2D eigenvalue weighted by Crippen LogP contribution is -2.26. The number of fused-ring (bicyclic) bond motifs is 1. The van der Waals surface area contributed by atoms with Gasteiger partial charge in [0.2, 0.25) is 0 Å². The van der Waals surface area contributed by atoms with Crippen molar-refractivity contribution in [2.45, 2.75) is 46.0 Å². The largest absolute Gasteiger partial charge is 0.495 e. The number of ketones is 1. The van der Waals surface area contributed by atoms with Gasteiger partial charge in [0.05, 0.1) is 25.2 Å². The first kappa shape index (κ1) is 31.5. The molecule has 12 heteroatoms. The Morgan fingerprint density at radius 1 is 1.00 bits per heavy atom. The number of nitrogens with one attached hydrogen (secondary N) is 2. The molecule has 43 heavy (non-hydrogen) atoms. The SMILES string of the molecule is CCOc1ccc(-c2nc(C(=O)NCCCCCCC(=O)CSC(C)=O)c3[nH]c(=O)n(-c4ccccc4OC)c3n2)cc1. The second-order valence-corrected chi connectivity index (χ2v) is 10.9. The van der Waals surface area contributed by atoms with E-state index in [1.807, 2.05) is 6.92 Å². The average Bonchev–Trinajstić information content (AvgIpc) is 3.34. The molecule has 1 amide bonds. The highest BCUT2D eigenvalue weighted by Crippen LogP contribution is 2.27. The molecule has 0 fully saturated rings. The lowest BCUT2D eigenvalue weighted by atomic mass is 10.1. The van der Waals surface area contributed by atoms with E-state index in [9.17, 15) is 19.2 Å². The molecule has 0 unspecified atom stereocenters. The van der Waals surface area contributed by atoms with E-state index in [2.05, 4.69) is 15.3 Å². The summed E-state index contributed by atoms with van der Waals surface area (Å²) in [6.45, 7) is 4.28. The van der Waals surface area contributed by atoms with Crippen LogP contribution in [0.3, 0.4) is 0 Å². The topological polar surface area (TPSA) is 145 Å². The molecular weight excluding hydrogens is 570 g/mol. The van der Waals surface area contributed by atoms with Crippen LogP contribution >= 0.6 is 11.8 Å². The van der Waals surface area contributed by atoms with Gasteiger partial charge in [0.25, 0.3) is 5.91 Å². The van der Waals surface area contributed by atoms with E-state index >= 15 is 0 Å². The van der Waals surface area contributed by atoms with Gasteiger partial charge in [0.1, 0.15) is 22.8 Å². The number of aromatic nitrogens is 4. The molecule has 0 bridgehead atoms. The summed E-state index contributed by atoms with van der Waals surface area (Å²) in [4.78, 5) is 61.5. The summed E-state index contributed by atoms with van der Waals surface area (Å²) in [6, 6.07) is 14.3. The molecule has 0 saturated carbocycles. The third-order valence-electron chi connectivity index (χ3n) is 6.61. The molecule has 0 aliphatic carbocycles.